The van der Waals surface area contributed by atoms with Gasteiger partial charge in [-0.3, -0.25) is 19.7 Å². The van der Waals surface area contributed by atoms with E-state index in [2.05, 4.69) is 5.32 Å². The molecule has 1 aliphatic carbocycles. The molecule has 6 nitrogen and oxygen atoms in total. The summed E-state index contributed by atoms with van der Waals surface area (Å²) < 4.78 is 0. The second kappa shape index (κ2) is 3.94. The first-order chi connectivity index (χ1) is 9.06. The summed E-state index contributed by atoms with van der Waals surface area (Å²) in [5.74, 6) is -0.959. The molecule has 0 unspecified atom stereocenters. The standard InChI is InChI=1S/C13H11N3O3/c14-12-8-6-16(5-7(8)1-3-10(12)17)9-2-4-11(18)15-13(9)19/h1-3,5H,4,6,14H2,(H,15,18,19). The predicted molar refractivity (Wildman–Crippen MR) is 66.0 cm³/mol. The Balaban J connectivity index is 1.93. The number of carbonyl (C=O) groups is 3. The van der Waals surface area contributed by atoms with Crippen molar-refractivity contribution in [3.63, 3.8) is 0 Å². The fraction of sp³-hybridized carbons (Fsp3) is 0.154. The van der Waals surface area contributed by atoms with Crippen molar-refractivity contribution in [1.29, 1.82) is 0 Å². The number of nitrogens with two attached hydrogens (primary N) is 1. The van der Waals surface area contributed by atoms with E-state index in [-0.39, 0.29) is 23.8 Å². The Morgan fingerprint density at radius 1 is 1.21 bits per heavy atom. The Labute approximate surface area is 108 Å². The van der Waals surface area contributed by atoms with Crippen molar-refractivity contribution in [3.05, 3.63) is 47.0 Å². The van der Waals surface area contributed by atoms with E-state index in [1.807, 2.05) is 0 Å². The SMILES string of the molecule is NC1=C2CN(C3=CCC(=O)NC3=O)C=C2C=CC1=O. The number of rotatable bonds is 1. The van der Waals surface area contributed by atoms with E-state index >= 15 is 0 Å². The second-order valence-corrected chi connectivity index (χ2v) is 4.47. The van der Waals surface area contributed by atoms with Gasteiger partial charge in [-0.15, -0.1) is 0 Å². The minimum atomic E-state index is -0.429. The molecule has 6 heteroatoms. The van der Waals surface area contributed by atoms with Gasteiger partial charge in [0.1, 0.15) is 5.70 Å². The second-order valence-electron chi connectivity index (χ2n) is 4.47. The van der Waals surface area contributed by atoms with Crippen LogP contribution in [0.2, 0.25) is 0 Å². The van der Waals surface area contributed by atoms with E-state index in [0.29, 0.717) is 12.2 Å². The first-order valence-electron chi connectivity index (χ1n) is 5.80. The van der Waals surface area contributed by atoms with Gasteiger partial charge >= 0.3 is 0 Å². The third kappa shape index (κ3) is 1.77. The summed E-state index contributed by atoms with van der Waals surface area (Å²) in [7, 11) is 0. The minimum absolute atomic E-state index is 0.171. The van der Waals surface area contributed by atoms with Crippen LogP contribution in [-0.2, 0) is 14.4 Å². The van der Waals surface area contributed by atoms with E-state index in [1.165, 1.54) is 6.08 Å². The molecule has 0 saturated carbocycles. The van der Waals surface area contributed by atoms with Crippen molar-refractivity contribution in [3.8, 4) is 0 Å². The predicted octanol–water partition coefficient (Wildman–Crippen LogP) is -0.532. The van der Waals surface area contributed by atoms with Crippen LogP contribution in [0.3, 0.4) is 0 Å². The van der Waals surface area contributed by atoms with Gasteiger partial charge in [0.25, 0.3) is 5.91 Å². The van der Waals surface area contributed by atoms with Gasteiger partial charge in [0.15, 0.2) is 0 Å². The molecule has 0 fully saturated rings. The monoisotopic (exact) mass is 257 g/mol. The average Bonchev–Trinajstić information content (AvgIpc) is 2.78. The molecule has 0 aromatic carbocycles. The Morgan fingerprint density at radius 2 is 2.00 bits per heavy atom. The zero-order chi connectivity index (χ0) is 13.6. The molecule has 3 aliphatic rings. The third-order valence-electron chi connectivity index (χ3n) is 3.25. The topological polar surface area (TPSA) is 92.5 Å². The highest BCUT2D eigenvalue weighted by molar-refractivity contribution is 6.08. The van der Waals surface area contributed by atoms with Crippen molar-refractivity contribution in [2.75, 3.05) is 6.54 Å². The van der Waals surface area contributed by atoms with Crippen molar-refractivity contribution in [2.24, 2.45) is 5.73 Å². The molecule has 0 radical (unpaired) electrons. The Kier molecular flexibility index (Phi) is 2.38. The summed E-state index contributed by atoms with van der Waals surface area (Å²) in [6.07, 6.45) is 6.60. The molecular weight excluding hydrogens is 246 g/mol. The van der Waals surface area contributed by atoms with Crippen molar-refractivity contribution >= 4 is 17.6 Å². The highest BCUT2D eigenvalue weighted by Crippen LogP contribution is 2.30. The van der Waals surface area contributed by atoms with E-state index in [4.69, 9.17) is 5.73 Å². The van der Waals surface area contributed by atoms with Crippen LogP contribution in [-0.4, -0.2) is 29.0 Å². The number of fused-ring (bicyclic) bond motifs is 1. The van der Waals surface area contributed by atoms with Gasteiger partial charge in [0.05, 0.1) is 12.2 Å². The van der Waals surface area contributed by atoms with Crippen LogP contribution < -0.4 is 11.1 Å². The van der Waals surface area contributed by atoms with Crippen LogP contribution in [0.1, 0.15) is 6.42 Å². The molecule has 0 aromatic heterocycles. The van der Waals surface area contributed by atoms with Gasteiger partial charge in [0, 0.05) is 18.2 Å². The van der Waals surface area contributed by atoms with Crippen LogP contribution in [0.15, 0.2) is 47.0 Å². The molecule has 2 heterocycles. The van der Waals surface area contributed by atoms with Gasteiger partial charge in [0.2, 0.25) is 11.7 Å². The molecule has 0 aromatic rings. The van der Waals surface area contributed by atoms with Gasteiger partial charge in [-0.2, -0.15) is 0 Å². The van der Waals surface area contributed by atoms with Crippen LogP contribution in [0.4, 0.5) is 0 Å². The quantitative estimate of drug-likeness (QED) is 0.616. The molecule has 96 valence electrons. The molecular formula is C13H11N3O3. The number of hydrogen-bond acceptors (Lipinski definition) is 5. The largest absolute Gasteiger partial charge is 0.395 e. The van der Waals surface area contributed by atoms with Crippen LogP contribution >= 0.6 is 0 Å². The number of ketones is 1. The normalized spacial score (nSPS) is 22.3. The number of hydrogen-bond donors (Lipinski definition) is 2. The zero-order valence-electron chi connectivity index (χ0n) is 9.97. The van der Waals surface area contributed by atoms with E-state index < -0.39 is 5.91 Å². The molecule has 2 aliphatic heterocycles. The molecule has 0 spiro atoms. The summed E-state index contributed by atoms with van der Waals surface area (Å²) in [6.45, 7) is 0.366. The maximum atomic E-state index is 11.7. The molecule has 0 bridgehead atoms. The van der Waals surface area contributed by atoms with E-state index in [0.717, 1.165) is 11.1 Å². The first-order valence-corrected chi connectivity index (χ1v) is 5.80. The van der Waals surface area contributed by atoms with Crippen molar-refractivity contribution in [1.82, 2.24) is 10.2 Å². The lowest BCUT2D eigenvalue weighted by molar-refractivity contribution is -0.129. The van der Waals surface area contributed by atoms with Crippen LogP contribution in [0, 0.1) is 0 Å². The van der Waals surface area contributed by atoms with Gasteiger partial charge in [-0.1, -0.05) is 0 Å². The lowest BCUT2D eigenvalue weighted by Crippen LogP contribution is -2.39. The molecule has 0 atom stereocenters. The number of nitrogens with zero attached hydrogens (tertiary/aromatic N) is 1. The number of imide groups is 1. The van der Waals surface area contributed by atoms with Crippen LogP contribution in [0.25, 0.3) is 0 Å². The minimum Gasteiger partial charge on any atom is -0.395 e. The number of amides is 2. The average molecular weight is 257 g/mol. The summed E-state index contributed by atoms with van der Waals surface area (Å²) in [5.41, 5.74) is 7.91. The summed E-state index contributed by atoms with van der Waals surface area (Å²) >= 11 is 0. The van der Waals surface area contributed by atoms with Crippen molar-refractivity contribution < 1.29 is 14.4 Å². The summed E-state index contributed by atoms with van der Waals surface area (Å²) in [5, 5.41) is 2.26. The number of allylic oxidation sites excluding steroid dienone is 2. The first kappa shape index (κ1) is 11.5. The summed E-state index contributed by atoms with van der Waals surface area (Å²) in [6, 6.07) is 0. The molecule has 2 amide bonds. The molecule has 3 N–H and O–H groups in total. The molecule has 0 saturated heterocycles. The zero-order valence-corrected chi connectivity index (χ0v) is 9.97. The third-order valence-corrected chi connectivity index (χ3v) is 3.25. The Hall–Kier alpha value is -2.63. The maximum absolute atomic E-state index is 11.7. The highest BCUT2D eigenvalue weighted by atomic mass is 16.2. The summed E-state index contributed by atoms with van der Waals surface area (Å²) in [4.78, 5) is 36.0. The Bertz CT molecular complexity index is 638. The van der Waals surface area contributed by atoms with E-state index in [9.17, 15) is 14.4 Å². The lowest BCUT2D eigenvalue weighted by Gasteiger charge is -2.21. The van der Waals surface area contributed by atoms with Gasteiger partial charge in [-0.25, -0.2) is 0 Å². The van der Waals surface area contributed by atoms with Gasteiger partial charge in [-0.05, 0) is 23.8 Å². The number of nitrogens with one attached hydrogen (secondary N) is 1. The van der Waals surface area contributed by atoms with Gasteiger partial charge < -0.3 is 10.6 Å². The fourth-order valence-corrected chi connectivity index (χ4v) is 2.27. The fourth-order valence-electron chi connectivity index (χ4n) is 2.27. The maximum Gasteiger partial charge on any atom is 0.274 e. The molecule has 3 rings (SSSR count). The lowest BCUT2D eigenvalue weighted by atomic mass is 9.99. The highest BCUT2D eigenvalue weighted by Gasteiger charge is 2.30. The molecule has 19 heavy (non-hydrogen) atoms. The van der Waals surface area contributed by atoms with E-state index in [1.54, 1.807) is 23.3 Å². The number of carbonyl (C=O) groups excluding carboxylic acids is 3. The smallest absolute Gasteiger partial charge is 0.274 e. The Morgan fingerprint density at radius 3 is 2.74 bits per heavy atom. The van der Waals surface area contributed by atoms with Crippen molar-refractivity contribution in [2.45, 2.75) is 6.42 Å². The van der Waals surface area contributed by atoms with Crippen LogP contribution in [0.5, 0.6) is 0 Å².